The number of halogens is 1. The molecule has 0 aliphatic carbocycles. The molecule has 20 heavy (non-hydrogen) atoms. The lowest BCUT2D eigenvalue weighted by Crippen LogP contribution is -2.32. The highest BCUT2D eigenvalue weighted by atomic mass is 19.1. The predicted octanol–water partition coefficient (Wildman–Crippen LogP) is 0.790. The molecule has 0 saturated heterocycles. The molecule has 6 nitrogen and oxygen atoms in total. The Labute approximate surface area is 115 Å². The van der Waals surface area contributed by atoms with E-state index in [-0.39, 0.29) is 18.3 Å². The first-order valence-corrected chi connectivity index (χ1v) is 5.88. The second-order valence-electron chi connectivity index (χ2n) is 4.04. The van der Waals surface area contributed by atoms with Crippen LogP contribution in [0.15, 0.2) is 24.3 Å². The number of tetrazole rings is 1. The molecule has 2 aromatic rings. The molecule has 0 radical (unpaired) electrons. The van der Waals surface area contributed by atoms with Crippen molar-refractivity contribution in [3.63, 3.8) is 0 Å². The summed E-state index contributed by atoms with van der Waals surface area (Å²) < 4.78 is 13.1. The zero-order valence-corrected chi connectivity index (χ0v) is 10.7. The minimum atomic E-state index is -0.654. The van der Waals surface area contributed by atoms with E-state index >= 15 is 0 Å². The van der Waals surface area contributed by atoms with Gasteiger partial charge in [-0.15, -0.1) is 16.6 Å². The van der Waals surface area contributed by atoms with Crippen LogP contribution < -0.4 is 5.32 Å². The molecule has 1 aromatic carbocycles. The number of nitrogens with one attached hydrogen (secondary N) is 1. The van der Waals surface area contributed by atoms with Gasteiger partial charge in [-0.05, 0) is 24.3 Å². The van der Waals surface area contributed by atoms with Gasteiger partial charge in [0.2, 0.25) is 11.7 Å². The van der Waals surface area contributed by atoms with E-state index in [4.69, 9.17) is 6.42 Å². The molecule has 0 spiro atoms. The summed E-state index contributed by atoms with van der Waals surface area (Å²) in [6.45, 7) is 1.75. The lowest BCUT2D eigenvalue weighted by molar-refractivity contribution is -0.124. The number of nitrogens with zero attached hydrogens (tertiary/aromatic N) is 4. The largest absolute Gasteiger partial charge is 0.343 e. The maximum absolute atomic E-state index is 13.1. The van der Waals surface area contributed by atoms with E-state index in [0.717, 1.165) is 4.80 Å². The van der Waals surface area contributed by atoms with Crippen LogP contribution in [-0.2, 0) is 4.79 Å². The van der Waals surface area contributed by atoms with E-state index in [1.807, 2.05) is 0 Å². The molecular weight excluding hydrogens is 261 g/mol. The fourth-order valence-electron chi connectivity index (χ4n) is 1.52. The van der Waals surface area contributed by atoms with Gasteiger partial charge in [0, 0.05) is 5.56 Å². The second kappa shape index (κ2) is 5.93. The van der Waals surface area contributed by atoms with E-state index in [9.17, 15) is 9.18 Å². The summed E-state index contributed by atoms with van der Waals surface area (Å²) >= 11 is 0. The quantitative estimate of drug-likeness (QED) is 0.836. The summed E-state index contributed by atoms with van der Waals surface area (Å²) in [4.78, 5) is 12.9. The molecule has 0 unspecified atom stereocenters. The Balaban J connectivity index is 2.17. The Morgan fingerprint density at radius 1 is 1.60 bits per heavy atom. The molecular formula is C13H12FN5O. The zero-order valence-electron chi connectivity index (χ0n) is 10.7. The fraction of sp³-hybridized carbons (Fsp3) is 0.231. The fourth-order valence-corrected chi connectivity index (χ4v) is 1.52. The third kappa shape index (κ3) is 2.98. The SMILES string of the molecule is C#CCNC(=O)[C@H](C)n1nnc(-c2cccc(F)c2)n1. The topological polar surface area (TPSA) is 72.7 Å². The van der Waals surface area contributed by atoms with Gasteiger partial charge >= 0.3 is 0 Å². The lowest BCUT2D eigenvalue weighted by Gasteiger charge is -2.08. The number of aromatic nitrogens is 4. The van der Waals surface area contributed by atoms with Crippen LogP contribution in [-0.4, -0.2) is 32.7 Å². The molecule has 0 aliphatic heterocycles. The third-order valence-corrected chi connectivity index (χ3v) is 2.60. The molecule has 1 atom stereocenters. The van der Waals surface area contributed by atoms with Crippen LogP contribution in [0.4, 0.5) is 4.39 Å². The van der Waals surface area contributed by atoms with Gasteiger partial charge < -0.3 is 5.32 Å². The predicted molar refractivity (Wildman–Crippen MR) is 69.8 cm³/mol. The van der Waals surface area contributed by atoms with E-state index < -0.39 is 11.9 Å². The van der Waals surface area contributed by atoms with Crippen LogP contribution >= 0.6 is 0 Å². The van der Waals surface area contributed by atoms with Crippen molar-refractivity contribution in [1.29, 1.82) is 0 Å². The van der Waals surface area contributed by atoms with Crippen molar-refractivity contribution in [1.82, 2.24) is 25.5 Å². The van der Waals surface area contributed by atoms with Crippen LogP contribution in [0.2, 0.25) is 0 Å². The van der Waals surface area contributed by atoms with Crippen molar-refractivity contribution in [2.75, 3.05) is 6.54 Å². The third-order valence-electron chi connectivity index (χ3n) is 2.60. The highest BCUT2D eigenvalue weighted by molar-refractivity contribution is 5.79. The number of rotatable bonds is 4. The van der Waals surface area contributed by atoms with Gasteiger partial charge in [0.15, 0.2) is 0 Å². The van der Waals surface area contributed by atoms with Gasteiger partial charge in [-0.25, -0.2) is 4.39 Å². The Morgan fingerprint density at radius 3 is 3.10 bits per heavy atom. The average molecular weight is 273 g/mol. The number of carbonyl (C=O) groups excluding carboxylic acids is 1. The summed E-state index contributed by atoms with van der Waals surface area (Å²) in [6.07, 6.45) is 5.06. The molecule has 0 bridgehead atoms. The number of hydrogen-bond acceptors (Lipinski definition) is 4. The van der Waals surface area contributed by atoms with Gasteiger partial charge in [-0.2, -0.15) is 4.80 Å². The van der Waals surface area contributed by atoms with Crippen molar-refractivity contribution in [2.24, 2.45) is 0 Å². The molecule has 0 saturated carbocycles. The van der Waals surface area contributed by atoms with E-state index in [1.54, 1.807) is 19.1 Å². The average Bonchev–Trinajstić information content (AvgIpc) is 2.93. The maximum atomic E-state index is 13.1. The van der Waals surface area contributed by atoms with Gasteiger partial charge in [0.1, 0.15) is 11.9 Å². The molecule has 2 rings (SSSR count). The van der Waals surface area contributed by atoms with Crippen LogP contribution in [0.5, 0.6) is 0 Å². The number of hydrogen-bond donors (Lipinski definition) is 1. The van der Waals surface area contributed by atoms with Gasteiger partial charge in [0.05, 0.1) is 6.54 Å². The zero-order chi connectivity index (χ0) is 14.5. The number of carbonyl (C=O) groups is 1. The first-order valence-electron chi connectivity index (χ1n) is 5.88. The smallest absolute Gasteiger partial charge is 0.247 e. The second-order valence-corrected chi connectivity index (χ2v) is 4.04. The van der Waals surface area contributed by atoms with Crippen molar-refractivity contribution in [3.05, 3.63) is 30.1 Å². The van der Waals surface area contributed by atoms with Crippen LogP contribution in [0.1, 0.15) is 13.0 Å². The number of terminal acetylenes is 1. The minimum absolute atomic E-state index is 0.134. The van der Waals surface area contributed by atoms with E-state index in [1.165, 1.54) is 12.1 Å². The van der Waals surface area contributed by atoms with Gasteiger partial charge in [0.25, 0.3) is 0 Å². The Kier molecular flexibility index (Phi) is 4.05. The van der Waals surface area contributed by atoms with Crippen molar-refractivity contribution in [2.45, 2.75) is 13.0 Å². The normalized spacial score (nSPS) is 11.7. The molecule has 0 fully saturated rings. The highest BCUT2D eigenvalue weighted by Gasteiger charge is 2.18. The van der Waals surface area contributed by atoms with Crippen molar-refractivity contribution in [3.8, 4) is 23.7 Å². The summed E-state index contributed by atoms with van der Waals surface area (Å²) in [5, 5.41) is 14.2. The van der Waals surface area contributed by atoms with Crippen LogP contribution in [0.3, 0.4) is 0 Å². The summed E-state index contributed by atoms with van der Waals surface area (Å²) in [5.74, 6) is 1.85. The molecule has 0 aliphatic rings. The summed E-state index contributed by atoms with van der Waals surface area (Å²) in [6, 6.07) is 5.18. The molecule has 1 amide bonds. The van der Waals surface area contributed by atoms with Gasteiger partial charge in [-0.1, -0.05) is 18.1 Å². The highest BCUT2D eigenvalue weighted by Crippen LogP contribution is 2.15. The van der Waals surface area contributed by atoms with E-state index in [0.29, 0.717) is 5.56 Å². The van der Waals surface area contributed by atoms with E-state index in [2.05, 4.69) is 26.6 Å². The Morgan fingerprint density at radius 2 is 2.40 bits per heavy atom. The summed E-state index contributed by atoms with van der Waals surface area (Å²) in [5.41, 5.74) is 0.493. The standard InChI is InChI=1S/C13H12FN5O/c1-3-7-15-13(20)9(2)19-17-12(16-18-19)10-5-4-6-11(14)8-10/h1,4-6,8-9H,7H2,2H3,(H,15,20)/t9-/m0/s1. The summed E-state index contributed by atoms with van der Waals surface area (Å²) in [7, 11) is 0. The Hall–Kier alpha value is -2.75. The monoisotopic (exact) mass is 273 g/mol. The lowest BCUT2D eigenvalue weighted by atomic mass is 10.2. The van der Waals surface area contributed by atoms with Crippen LogP contribution in [0, 0.1) is 18.2 Å². The molecule has 7 heteroatoms. The molecule has 102 valence electrons. The minimum Gasteiger partial charge on any atom is -0.343 e. The molecule has 1 N–H and O–H groups in total. The van der Waals surface area contributed by atoms with Crippen molar-refractivity contribution >= 4 is 5.91 Å². The van der Waals surface area contributed by atoms with Crippen LogP contribution in [0.25, 0.3) is 11.4 Å². The van der Waals surface area contributed by atoms with Gasteiger partial charge in [-0.3, -0.25) is 4.79 Å². The maximum Gasteiger partial charge on any atom is 0.247 e. The molecule has 1 heterocycles. The first-order chi connectivity index (χ1) is 9.61. The van der Waals surface area contributed by atoms with Crippen molar-refractivity contribution < 1.29 is 9.18 Å². The molecule has 1 aromatic heterocycles. The number of amides is 1. The first kappa shape index (κ1) is 13.7. The Bertz CT molecular complexity index is 661. The number of benzene rings is 1.